The van der Waals surface area contributed by atoms with Gasteiger partial charge in [-0.3, -0.25) is 4.79 Å². The fraction of sp³-hybridized carbons (Fsp3) is 0.600. The van der Waals surface area contributed by atoms with Crippen LogP contribution >= 0.6 is 35.6 Å². The lowest BCUT2D eigenvalue weighted by Crippen LogP contribution is -2.49. The zero-order chi connectivity index (χ0) is 18.4. The van der Waals surface area contributed by atoms with Gasteiger partial charge in [0, 0.05) is 36.6 Å². The van der Waals surface area contributed by atoms with Crippen molar-refractivity contribution in [3.63, 3.8) is 0 Å². The molecule has 7 heteroatoms. The Morgan fingerprint density at radius 1 is 1.15 bits per heavy atom. The molecule has 1 aliphatic heterocycles. The van der Waals surface area contributed by atoms with Gasteiger partial charge in [-0.2, -0.15) is 0 Å². The summed E-state index contributed by atoms with van der Waals surface area (Å²) in [5.41, 5.74) is 1.46. The van der Waals surface area contributed by atoms with E-state index in [1.165, 1.54) is 12.0 Å². The molecule has 2 N–H and O–H groups in total. The van der Waals surface area contributed by atoms with Gasteiger partial charge in [0.25, 0.3) is 0 Å². The summed E-state index contributed by atoms with van der Waals surface area (Å²) in [7, 11) is 0. The third kappa shape index (κ3) is 5.73. The zero-order valence-electron chi connectivity index (χ0n) is 16.0. The van der Waals surface area contributed by atoms with Crippen LogP contribution < -0.4 is 10.6 Å². The summed E-state index contributed by atoms with van der Waals surface area (Å²) >= 11 is 6.04. The Labute approximate surface area is 184 Å². The van der Waals surface area contributed by atoms with Crippen molar-refractivity contribution in [3.8, 4) is 0 Å². The predicted octanol–water partition coefficient (Wildman–Crippen LogP) is 3.56. The summed E-state index contributed by atoms with van der Waals surface area (Å²) in [5, 5.41) is 7.48. The predicted molar refractivity (Wildman–Crippen MR) is 122 cm³/mol. The Kier molecular flexibility index (Phi) is 8.66. The van der Waals surface area contributed by atoms with Crippen molar-refractivity contribution in [3.05, 3.63) is 34.9 Å². The summed E-state index contributed by atoms with van der Waals surface area (Å²) < 4.78 is 0. The molecule has 1 heterocycles. The Bertz CT molecular complexity index is 640. The molecule has 0 aromatic heterocycles. The molecule has 2 fully saturated rings. The van der Waals surface area contributed by atoms with E-state index in [2.05, 4.69) is 27.8 Å². The Hall–Kier alpha value is -1.02. The number of aliphatic imine (C=N–C) groups is 1. The molecule has 0 spiro atoms. The fourth-order valence-electron chi connectivity index (χ4n) is 3.78. The van der Waals surface area contributed by atoms with E-state index < -0.39 is 0 Å². The van der Waals surface area contributed by atoms with Crippen molar-refractivity contribution in [2.75, 3.05) is 32.7 Å². The Morgan fingerprint density at radius 2 is 1.81 bits per heavy atom. The summed E-state index contributed by atoms with van der Waals surface area (Å²) in [4.78, 5) is 18.6. The third-order valence-corrected chi connectivity index (χ3v) is 5.79. The van der Waals surface area contributed by atoms with Crippen molar-refractivity contribution >= 4 is 47.4 Å². The highest BCUT2D eigenvalue weighted by molar-refractivity contribution is 14.0. The van der Waals surface area contributed by atoms with Gasteiger partial charge in [-0.1, -0.05) is 30.2 Å². The van der Waals surface area contributed by atoms with Gasteiger partial charge < -0.3 is 15.5 Å². The number of benzene rings is 1. The Morgan fingerprint density at radius 3 is 2.37 bits per heavy atom. The lowest BCUT2D eigenvalue weighted by atomic mass is 9.64. The highest BCUT2D eigenvalue weighted by Crippen LogP contribution is 2.43. The second-order valence-electron chi connectivity index (χ2n) is 7.28. The van der Waals surface area contributed by atoms with Crippen LogP contribution in [-0.4, -0.2) is 49.5 Å². The molecule has 0 unspecified atom stereocenters. The van der Waals surface area contributed by atoms with Gasteiger partial charge >= 0.3 is 0 Å². The number of guanidine groups is 1. The topological polar surface area (TPSA) is 56.7 Å². The number of nitrogens with zero attached hydrogens (tertiary/aromatic N) is 2. The molecular weight excluding hydrogens is 475 g/mol. The van der Waals surface area contributed by atoms with Crippen LogP contribution in [0, 0.1) is 0 Å². The number of carbonyl (C=O) groups is 1. The highest BCUT2D eigenvalue weighted by Gasteiger charge is 2.38. The minimum atomic E-state index is 0. The minimum absolute atomic E-state index is 0. The van der Waals surface area contributed by atoms with E-state index in [4.69, 9.17) is 11.6 Å². The number of halogens is 2. The molecule has 3 rings (SSSR count). The van der Waals surface area contributed by atoms with Crippen LogP contribution in [0.1, 0.15) is 44.6 Å². The first-order valence-electron chi connectivity index (χ1n) is 9.69. The van der Waals surface area contributed by atoms with Crippen LogP contribution in [-0.2, 0) is 10.2 Å². The quantitative estimate of drug-likeness (QED) is 0.354. The van der Waals surface area contributed by atoms with Gasteiger partial charge in [0.1, 0.15) is 6.54 Å². The lowest BCUT2D eigenvalue weighted by molar-refractivity contribution is -0.128. The SMILES string of the molecule is CCNC(=NCC(=O)N1CCCC1)NCC1(c2ccc(Cl)cc2)CCC1.I. The summed E-state index contributed by atoms with van der Waals surface area (Å²) in [5.74, 6) is 0.844. The van der Waals surface area contributed by atoms with Crippen LogP contribution in [0.25, 0.3) is 0 Å². The number of nitrogens with one attached hydrogen (secondary N) is 2. The maximum atomic E-state index is 12.2. The number of carbonyl (C=O) groups excluding carboxylic acids is 1. The van der Waals surface area contributed by atoms with Gasteiger partial charge in [-0.15, -0.1) is 24.0 Å². The van der Waals surface area contributed by atoms with Crippen molar-refractivity contribution in [1.82, 2.24) is 15.5 Å². The third-order valence-electron chi connectivity index (χ3n) is 5.54. The molecule has 27 heavy (non-hydrogen) atoms. The second-order valence-corrected chi connectivity index (χ2v) is 7.71. The van der Waals surface area contributed by atoms with Crippen LogP contribution in [0.15, 0.2) is 29.3 Å². The first kappa shape index (κ1) is 22.3. The highest BCUT2D eigenvalue weighted by atomic mass is 127. The molecule has 1 aliphatic carbocycles. The van der Waals surface area contributed by atoms with Crippen LogP contribution in [0.4, 0.5) is 0 Å². The molecule has 1 amide bonds. The molecule has 5 nitrogen and oxygen atoms in total. The molecule has 0 atom stereocenters. The lowest BCUT2D eigenvalue weighted by Gasteiger charge is -2.43. The van der Waals surface area contributed by atoms with Gasteiger partial charge in [0.2, 0.25) is 5.91 Å². The molecule has 1 aromatic rings. The average Bonchev–Trinajstić information content (AvgIpc) is 3.14. The normalized spacial score (nSPS) is 18.4. The van der Waals surface area contributed by atoms with Gasteiger partial charge in [-0.05, 0) is 50.3 Å². The van der Waals surface area contributed by atoms with E-state index in [1.54, 1.807) is 0 Å². The largest absolute Gasteiger partial charge is 0.357 e. The monoisotopic (exact) mass is 504 g/mol. The molecule has 2 aliphatic rings. The number of likely N-dealkylation sites (tertiary alicyclic amines) is 1. The number of hydrogen-bond acceptors (Lipinski definition) is 2. The van der Waals surface area contributed by atoms with E-state index in [0.717, 1.165) is 62.8 Å². The number of hydrogen-bond donors (Lipinski definition) is 2. The molecule has 1 saturated carbocycles. The van der Waals surface area contributed by atoms with Crippen molar-refractivity contribution < 1.29 is 4.79 Å². The zero-order valence-corrected chi connectivity index (χ0v) is 19.1. The minimum Gasteiger partial charge on any atom is -0.357 e. The molecular formula is C20H30ClIN4O. The fourth-order valence-corrected chi connectivity index (χ4v) is 3.91. The number of rotatable bonds is 6. The van der Waals surface area contributed by atoms with E-state index in [1.807, 2.05) is 24.0 Å². The standard InChI is InChI=1S/C20H29ClN4O.HI/c1-2-22-19(23-14-18(26)25-12-3-4-13-25)24-15-20(10-5-11-20)16-6-8-17(21)9-7-16;/h6-9H,2-5,10-15H2,1H3,(H2,22,23,24);1H. The molecule has 1 saturated heterocycles. The second kappa shape index (κ2) is 10.5. The smallest absolute Gasteiger partial charge is 0.244 e. The average molecular weight is 505 g/mol. The van der Waals surface area contributed by atoms with Gasteiger partial charge in [-0.25, -0.2) is 4.99 Å². The molecule has 0 radical (unpaired) electrons. The van der Waals surface area contributed by atoms with Crippen LogP contribution in [0.2, 0.25) is 5.02 Å². The van der Waals surface area contributed by atoms with Gasteiger partial charge in [0.05, 0.1) is 0 Å². The van der Waals surface area contributed by atoms with E-state index in [9.17, 15) is 4.79 Å². The molecule has 1 aromatic carbocycles. The molecule has 0 bridgehead atoms. The van der Waals surface area contributed by atoms with Crippen LogP contribution in [0.5, 0.6) is 0 Å². The number of amides is 1. The van der Waals surface area contributed by atoms with Crippen molar-refractivity contribution in [2.24, 2.45) is 4.99 Å². The van der Waals surface area contributed by atoms with E-state index >= 15 is 0 Å². The van der Waals surface area contributed by atoms with Crippen molar-refractivity contribution in [2.45, 2.75) is 44.4 Å². The maximum Gasteiger partial charge on any atom is 0.244 e. The van der Waals surface area contributed by atoms with E-state index in [-0.39, 0.29) is 41.8 Å². The summed E-state index contributed by atoms with van der Waals surface area (Å²) in [6.07, 6.45) is 5.78. The van der Waals surface area contributed by atoms with E-state index in [0.29, 0.717) is 0 Å². The van der Waals surface area contributed by atoms with Crippen molar-refractivity contribution in [1.29, 1.82) is 0 Å². The van der Waals surface area contributed by atoms with Gasteiger partial charge in [0.15, 0.2) is 5.96 Å². The first-order valence-corrected chi connectivity index (χ1v) is 10.1. The first-order chi connectivity index (χ1) is 12.6. The summed E-state index contributed by atoms with van der Waals surface area (Å²) in [6.45, 7) is 5.59. The maximum absolute atomic E-state index is 12.2. The Balaban J connectivity index is 0.00000261. The summed E-state index contributed by atoms with van der Waals surface area (Å²) in [6, 6.07) is 8.18. The van der Waals surface area contributed by atoms with Crippen LogP contribution in [0.3, 0.4) is 0 Å². The molecule has 150 valence electrons.